The Bertz CT molecular complexity index is 2650. The molecule has 2 aromatic heterocycles. The van der Waals surface area contributed by atoms with E-state index < -0.39 is 94.4 Å². The summed E-state index contributed by atoms with van der Waals surface area (Å²) in [5.74, 6) is -1.68. The number of anilines is 3. The molecule has 1 amide bonds. The standard InChI is InChI=1S/C48H51F6N7O6/c1-24-37(48(52,53)54)31(18-34(38(24)50)58(19-26-8-13-29(64-6)14-9-26)20-27-10-15-30(65-7)16-11-27)40-39(51)41-36-43(57-45(56-41)59-22-32(49)35(59)23-62)60-21-28-12-17-33(42(60)25(2)66-44(36)55-40)61(28)46(63)67-47(3,4)5/h8-11,13-16,18,25,28,32-33,35,42,62H,12,17,19-23H2,1-7H3/t25-,28+,32-,33-,35+,42+/m0/s1. The molecule has 4 aliphatic heterocycles. The summed E-state index contributed by atoms with van der Waals surface area (Å²) in [6.07, 6.45) is -6.88. The van der Waals surface area contributed by atoms with Crippen LogP contribution in [0.25, 0.3) is 22.2 Å². The zero-order valence-electron chi connectivity index (χ0n) is 38.0. The first-order chi connectivity index (χ1) is 31.8. The zero-order chi connectivity index (χ0) is 47.9. The van der Waals surface area contributed by atoms with Crippen LogP contribution >= 0.6 is 0 Å². The first kappa shape index (κ1) is 45.9. The van der Waals surface area contributed by atoms with Crippen LogP contribution in [0.4, 0.5) is 48.6 Å². The van der Waals surface area contributed by atoms with Crippen LogP contribution in [0.1, 0.15) is 62.8 Å². The van der Waals surface area contributed by atoms with E-state index in [0.717, 1.165) is 13.0 Å². The lowest BCUT2D eigenvalue weighted by atomic mass is 9.95. The average molecular weight is 936 g/mol. The summed E-state index contributed by atoms with van der Waals surface area (Å²) in [4.78, 5) is 34.2. The number of amides is 1. The third-order valence-corrected chi connectivity index (χ3v) is 13.1. The minimum Gasteiger partial charge on any atom is -0.497 e. The van der Waals surface area contributed by atoms with Gasteiger partial charge in [-0.1, -0.05) is 24.3 Å². The lowest BCUT2D eigenvalue weighted by Gasteiger charge is -2.48. The van der Waals surface area contributed by atoms with E-state index in [1.807, 2.05) is 4.90 Å². The number of aromatic nitrogens is 3. The second-order valence-electron chi connectivity index (χ2n) is 18.5. The van der Waals surface area contributed by atoms with Gasteiger partial charge in [0.2, 0.25) is 11.8 Å². The molecule has 3 saturated heterocycles. The van der Waals surface area contributed by atoms with Gasteiger partial charge in [0.25, 0.3) is 0 Å². The quantitative estimate of drug-likeness (QED) is 0.135. The van der Waals surface area contributed by atoms with Crippen LogP contribution in [0.3, 0.4) is 0 Å². The number of carbonyl (C=O) groups is 1. The Morgan fingerprint density at radius 3 is 2.07 bits per heavy atom. The number of hydrogen-bond acceptors (Lipinski definition) is 12. The van der Waals surface area contributed by atoms with Crippen LogP contribution in [0, 0.1) is 18.6 Å². The number of halogens is 6. The molecule has 6 atom stereocenters. The SMILES string of the molecule is COc1ccc(CN(Cc2ccc(OC)cc2)c2cc(-c3nc4c5c(nc(N6C[C@H](F)[C@H]6CO)nc5c3F)N3C[C@H]5CC[C@@H]([C@H]3[C@H](C)O4)N5C(=O)OC(C)(C)C)c(C(F)(F)F)c(C)c2F)cc1. The topological polar surface area (TPSA) is 126 Å². The number of pyridine rings is 1. The molecule has 0 spiro atoms. The number of hydrogen-bond donors (Lipinski definition) is 1. The number of alkyl halides is 4. The van der Waals surface area contributed by atoms with Crippen LogP contribution in [-0.2, 0) is 24.0 Å². The van der Waals surface area contributed by atoms with E-state index in [2.05, 4.69) is 9.97 Å². The fraction of sp³-hybridized carbons (Fsp3) is 0.458. The van der Waals surface area contributed by atoms with Crippen molar-refractivity contribution in [2.75, 3.05) is 48.6 Å². The number of benzene rings is 3. The van der Waals surface area contributed by atoms with Crippen molar-refractivity contribution in [3.05, 3.63) is 88.5 Å². The van der Waals surface area contributed by atoms with E-state index in [1.54, 1.807) is 86.0 Å². The van der Waals surface area contributed by atoms with Gasteiger partial charge in [-0.25, -0.2) is 27.9 Å². The number of piperazine rings is 1. The average Bonchev–Trinajstić information content (AvgIpc) is 3.52. The maximum absolute atomic E-state index is 17.9. The van der Waals surface area contributed by atoms with Crippen molar-refractivity contribution in [3.8, 4) is 28.6 Å². The minimum absolute atomic E-state index is 0.00770. The molecule has 0 aliphatic carbocycles. The lowest BCUT2D eigenvalue weighted by molar-refractivity contribution is -0.137. The maximum Gasteiger partial charge on any atom is 0.417 e. The summed E-state index contributed by atoms with van der Waals surface area (Å²) in [6, 6.07) is 12.2. The number of nitrogens with zero attached hydrogens (tertiary/aromatic N) is 7. The first-order valence-corrected chi connectivity index (χ1v) is 22.1. The normalized spacial score (nSPS) is 22.2. The van der Waals surface area contributed by atoms with Crippen molar-refractivity contribution in [1.29, 1.82) is 0 Å². The zero-order valence-corrected chi connectivity index (χ0v) is 38.0. The van der Waals surface area contributed by atoms with E-state index >= 15 is 22.0 Å². The van der Waals surface area contributed by atoms with Crippen LogP contribution in [0.5, 0.6) is 17.4 Å². The molecule has 0 radical (unpaired) electrons. The first-order valence-electron chi connectivity index (χ1n) is 22.1. The van der Waals surface area contributed by atoms with Gasteiger partial charge in [0.15, 0.2) is 5.82 Å². The number of aliphatic hydroxyl groups is 1. The van der Waals surface area contributed by atoms with Crippen molar-refractivity contribution in [1.82, 2.24) is 19.9 Å². The highest BCUT2D eigenvalue weighted by Gasteiger charge is 2.54. The van der Waals surface area contributed by atoms with Crippen molar-refractivity contribution in [2.45, 2.75) is 109 Å². The van der Waals surface area contributed by atoms with Crippen LogP contribution in [-0.4, -0.2) is 107 Å². The number of methoxy groups -OCH3 is 2. The summed E-state index contributed by atoms with van der Waals surface area (Å²) in [6.45, 7) is 7.35. The Kier molecular flexibility index (Phi) is 11.7. The molecule has 5 aromatic rings. The Hall–Kier alpha value is -6.24. The molecule has 6 heterocycles. The van der Waals surface area contributed by atoms with Crippen LogP contribution in [0.2, 0.25) is 0 Å². The summed E-state index contributed by atoms with van der Waals surface area (Å²) in [5, 5.41) is 10.1. The molecule has 67 heavy (non-hydrogen) atoms. The summed E-state index contributed by atoms with van der Waals surface area (Å²) >= 11 is 0. The van der Waals surface area contributed by atoms with Crippen molar-refractivity contribution < 1.29 is 55.2 Å². The molecular formula is C48H51F6N7O6. The second kappa shape index (κ2) is 17.1. The van der Waals surface area contributed by atoms with E-state index in [1.165, 1.54) is 19.1 Å². The van der Waals surface area contributed by atoms with Gasteiger partial charge in [-0.15, -0.1) is 0 Å². The monoisotopic (exact) mass is 935 g/mol. The molecule has 0 saturated carbocycles. The van der Waals surface area contributed by atoms with E-state index in [4.69, 9.17) is 23.9 Å². The van der Waals surface area contributed by atoms with Crippen LogP contribution in [0.15, 0.2) is 54.6 Å². The number of ether oxygens (including phenoxy) is 4. The van der Waals surface area contributed by atoms with Gasteiger partial charge in [0, 0.05) is 25.2 Å². The fourth-order valence-electron chi connectivity index (χ4n) is 9.97. The summed E-state index contributed by atoms with van der Waals surface area (Å²) in [5.41, 5.74) is -4.06. The fourth-order valence-corrected chi connectivity index (χ4v) is 9.97. The largest absolute Gasteiger partial charge is 0.497 e. The van der Waals surface area contributed by atoms with Gasteiger partial charge in [-0.2, -0.15) is 18.2 Å². The van der Waals surface area contributed by atoms with Gasteiger partial charge in [0.05, 0.1) is 62.8 Å². The van der Waals surface area contributed by atoms with Crippen LogP contribution < -0.4 is 28.9 Å². The molecule has 3 aromatic carbocycles. The number of rotatable bonds is 10. The molecule has 13 nitrogen and oxygen atoms in total. The maximum atomic E-state index is 17.9. The highest BCUT2D eigenvalue weighted by molar-refractivity contribution is 5.98. The predicted molar refractivity (Wildman–Crippen MR) is 238 cm³/mol. The Labute approximate surface area is 383 Å². The molecule has 9 rings (SSSR count). The molecule has 2 bridgehead atoms. The van der Waals surface area contributed by atoms with Gasteiger partial charge >= 0.3 is 12.3 Å². The molecule has 4 aliphatic rings. The lowest BCUT2D eigenvalue weighted by Crippen LogP contribution is -2.65. The van der Waals surface area contributed by atoms with Gasteiger partial charge in [0.1, 0.15) is 57.6 Å². The van der Waals surface area contributed by atoms with Gasteiger partial charge in [-0.05, 0) is 94.5 Å². The van der Waals surface area contributed by atoms with Gasteiger partial charge in [-0.3, -0.25) is 4.90 Å². The summed E-state index contributed by atoms with van der Waals surface area (Å²) < 4.78 is 119. The highest BCUT2D eigenvalue weighted by atomic mass is 19.4. The molecule has 356 valence electrons. The van der Waals surface area contributed by atoms with Crippen molar-refractivity contribution in [3.63, 3.8) is 0 Å². The molecule has 1 N–H and O–H groups in total. The Morgan fingerprint density at radius 2 is 1.52 bits per heavy atom. The number of aliphatic hydroxyl groups excluding tert-OH is 1. The van der Waals surface area contributed by atoms with Gasteiger partial charge < -0.3 is 38.8 Å². The highest BCUT2D eigenvalue weighted by Crippen LogP contribution is 2.50. The van der Waals surface area contributed by atoms with E-state index in [9.17, 15) is 14.3 Å². The summed E-state index contributed by atoms with van der Waals surface area (Å²) in [7, 11) is 3.01. The Balaban J connectivity index is 1.24. The minimum atomic E-state index is -5.21. The third-order valence-electron chi connectivity index (χ3n) is 13.1. The molecule has 19 heteroatoms. The van der Waals surface area contributed by atoms with Crippen molar-refractivity contribution >= 4 is 34.4 Å². The molecule has 3 fully saturated rings. The smallest absolute Gasteiger partial charge is 0.417 e. The van der Waals surface area contributed by atoms with E-state index in [0.29, 0.717) is 35.5 Å². The molecular weight excluding hydrogens is 885 g/mol. The number of carbonyl (C=O) groups excluding carboxylic acids is 1. The molecule has 0 unspecified atom stereocenters. The predicted octanol–water partition coefficient (Wildman–Crippen LogP) is 8.78. The third kappa shape index (κ3) is 8.22. The Morgan fingerprint density at radius 1 is 0.896 bits per heavy atom. The second-order valence-corrected chi connectivity index (χ2v) is 18.5. The van der Waals surface area contributed by atoms with Crippen molar-refractivity contribution in [2.24, 2.45) is 0 Å². The number of fused-ring (bicyclic) bond motifs is 5. The van der Waals surface area contributed by atoms with E-state index in [-0.39, 0.29) is 60.9 Å².